The van der Waals surface area contributed by atoms with Crippen molar-refractivity contribution < 1.29 is 0 Å². The summed E-state index contributed by atoms with van der Waals surface area (Å²) in [5.74, 6) is 0. The summed E-state index contributed by atoms with van der Waals surface area (Å²) in [6.45, 7) is 4.42. The van der Waals surface area contributed by atoms with Gasteiger partial charge in [0.2, 0.25) is 0 Å². The summed E-state index contributed by atoms with van der Waals surface area (Å²) in [5.41, 5.74) is 14.1. The molecule has 4 aliphatic rings. The molecule has 2 aromatic carbocycles. The molecule has 0 radical (unpaired) electrons. The van der Waals surface area contributed by atoms with Crippen LogP contribution in [0.4, 0.5) is 0 Å². The van der Waals surface area contributed by atoms with E-state index in [1.54, 1.807) is 5.57 Å². The third-order valence-corrected chi connectivity index (χ3v) is 7.60. The summed E-state index contributed by atoms with van der Waals surface area (Å²) in [4.78, 5) is 0. The lowest BCUT2D eigenvalue weighted by Gasteiger charge is -2.39. The molecule has 4 aliphatic carbocycles. The monoisotopic (exact) mass is 412 g/mol. The Bertz CT molecular complexity index is 1350. The van der Waals surface area contributed by atoms with Gasteiger partial charge in [0.25, 0.3) is 0 Å². The van der Waals surface area contributed by atoms with Crippen molar-refractivity contribution in [3.63, 3.8) is 0 Å². The highest BCUT2D eigenvalue weighted by atomic mass is 14.5. The lowest BCUT2D eigenvalue weighted by Crippen LogP contribution is -2.32. The zero-order valence-corrected chi connectivity index (χ0v) is 18.9. The molecule has 1 spiro atoms. The van der Waals surface area contributed by atoms with Crippen LogP contribution in [-0.4, -0.2) is 0 Å². The van der Waals surface area contributed by atoms with Crippen LogP contribution in [0.2, 0.25) is 0 Å². The number of hydrogen-bond donors (Lipinski definition) is 0. The summed E-state index contributed by atoms with van der Waals surface area (Å²) in [7, 11) is 0. The number of benzene rings is 2. The Hall–Kier alpha value is -3.38. The van der Waals surface area contributed by atoms with Gasteiger partial charge in [-0.15, -0.1) is 0 Å². The van der Waals surface area contributed by atoms with Crippen molar-refractivity contribution in [3.8, 4) is 0 Å². The zero-order chi connectivity index (χ0) is 21.7. The van der Waals surface area contributed by atoms with Crippen LogP contribution in [0.3, 0.4) is 0 Å². The second-order valence-electron chi connectivity index (χ2n) is 9.10. The molecule has 0 nitrogen and oxygen atoms in total. The molecule has 0 amide bonds. The summed E-state index contributed by atoms with van der Waals surface area (Å²) in [6.07, 6.45) is 21.6. The van der Waals surface area contributed by atoms with E-state index in [1.807, 2.05) is 0 Å². The number of rotatable bonds is 1. The van der Waals surface area contributed by atoms with E-state index in [1.165, 1.54) is 50.1 Å². The van der Waals surface area contributed by atoms with Crippen LogP contribution >= 0.6 is 0 Å². The topological polar surface area (TPSA) is 0 Å². The van der Waals surface area contributed by atoms with Crippen molar-refractivity contribution in [3.05, 3.63) is 142 Å². The van der Waals surface area contributed by atoms with Gasteiger partial charge in [0.15, 0.2) is 0 Å². The Kier molecular flexibility index (Phi) is 4.43. The minimum atomic E-state index is -0.240. The van der Waals surface area contributed by atoms with Crippen molar-refractivity contribution in [1.29, 1.82) is 0 Å². The average Bonchev–Trinajstić information content (AvgIpc) is 2.96. The predicted molar refractivity (Wildman–Crippen MR) is 136 cm³/mol. The highest BCUT2D eigenvalue weighted by Gasteiger charge is 2.50. The normalized spacial score (nSPS) is 23.4. The van der Waals surface area contributed by atoms with Gasteiger partial charge in [0, 0.05) is 0 Å². The van der Waals surface area contributed by atoms with Crippen LogP contribution in [-0.2, 0) is 5.41 Å². The first-order valence-corrected chi connectivity index (χ1v) is 11.8. The predicted octanol–water partition coefficient (Wildman–Crippen LogP) is 8.27. The first kappa shape index (κ1) is 19.3. The standard InChI is InChI=1S/C32H28/c1-3-13-23-22(2)24-14-7-10-19-28(24)32(29-20-11-8-16-25(23)29)30-18-6-4-5-15-26(30)27-17-9-12-21-31(27)32/h3-11,13-14,16-20H,12,15,21H2,1-2H3/b13-3-. The first-order valence-electron chi connectivity index (χ1n) is 11.8. The summed E-state index contributed by atoms with van der Waals surface area (Å²) >= 11 is 0. The summed E-state index contributed by atoms with van der Waals surface area (Å²) in [5, 5.41) is 0. The van der Waals surface area contributed by atoms with Crippen LogP contribution in [0.25, 0.3) is 11.1 Å². The van der Waals surface area contributed by atoms with Crippen molar-refractivity contribution in [2.45, 2.75) is 38.5 Å². The Morgan fingerprint density at radius 1 is 0.844 bits per heavy atom. The first-order chi connectivity index (χ1) is 15.8. The minimum Gasteiger partial charge on any atom is -0.0870 e. The van der Waals surface area contributed by atoms with Crippen molar-refractivity contribution >= 4 is 11.1 Å². The third kappa shape index (κ3) is 2.44. The molecule has 0 fully saturated rings. The molecule has 6 rings (SSSR count). The minimum absolute atomic E-state index is 0.240. The maximum Gasteiger partial charge on any atom is 0.0685 e. The smallest absolute Gasteiger partial charge is 0.0685 e. The molecule has 1 atom stereocenters. The SMILES string of the molecule is C/C=C\C1=C(C)c2ccccc2C2(C3=C(CC=CC=C3)C3=C2CCC=C3)c2ccccc21. The van der Waals surface area contributed by atoms with Gasteiger partial charge in [-0.1, -0.05) is 97.1 Å². The van der Waals surface area contributed by atoms with Crippen LogP contribution in [0.15, 0.2) is 119 Å². The molecule has 0 heterocycles. The van der Waals surface area contributed by atoms with Crippen LogP contribution in [0.5, 0.6) is 0 Å². The molecule has 0 aliphatic heterocycles. The van der Waals surface area contributed by atoms with E-state index < -0.39 is 0 Å². The van der Waals surface area contributed by atoms with Gasteiger partial charge in [-0.05, 0) is 88.8 Å². The van der Waals surface area contributed by atoms with E-state index >= 15 is 0 Å². The molecular formula is C32H28. The van der Waals surface area contributed by atoms with E-state index in [0.717, 1.165) is 19.3 Å². The Morgan fingerprint density at radius 2 is 1.59 bits per heavy atom. The van der Waals surface area contributed by atoms with Crippen LogP contribution < -0.4 is 0 Å². The molecule has 0 saturated heterocycles. The number of allylic oxidation sites excluding steroid dienone is 14. The van der Waals surface area contributed by atoms with E-state index in [0.29, 0.717) is 0 Å². The van der Waals surface area contributed by atoms with E-state index in [9.17, 15) is 0 Å². The fourth-order valence-electron chi connectivity index (χ4n) is 6.40. The zero-order valence-electron chi connectivity index (χ0n) is 18.9. The van der Waals surface area contributed by atoms with Gasteiger partial charge < -0.3 is 0 Å². The van der Waals surface area contributed by atoms with Crippen molar-refractivity contribution in [2.75, 3.05) is 0 Å². The van der Waals surface area contributed by atoms with Gasteiger partial charge in [0.1, 0.15) is 0 Å². The molecule has 0 heteroatoms. The van der Waals surface area contributed by atoms with E-state index in [4.69, 9.17) is 0 Å². The van der Waals surface area contributed by atoms with E-state index in [-0.39, 0.29) is 5.41 Å². The van der Waals surface area contributed by atoms with Crippen molar-refractivity contribution in [2.24, 2.45) is 0 Å². The molecule has 0 N–H and O–H groups in total. The molecule has 0 bridgehead atoms. The Morgan fingerprint density at radius 3 is 2.41 bits per heavy atom. The third-order valence-electron chi connectivity index (χ3n) is 7.60. The Balaban J connectivity index is 1.84. The molecule has 156 valence electrons. The lowest BCUT2D eigenvalue weighted by atomic mass is 9.63. The van der Waals surface area contributed by atoms with E-state index in [2.05, 4.69) is 111 Å². The highest BCUT2D eigenvalue weighted by Crippen LogP contribution is 2.61. The molecule has 0 saturated carbocycles. The quantitative estimate of drug-likeness (QED) is 0.442. The molecule has 0 aromatic heterocycles. The number of hydrogen-bond acceptors (Lipinski definition) is 0. The molecule has 2 aromatic rings. The molecular weight excluding hydrogens is 384 g/mol. The van der Waals surface area contributed by atoms with Gasteiger partial charge in [0.05, 0.1) is 5.41 Å². The lowest BCUT2D eigenvalue weighted by molar-refractivity contribution is 0.685. The maximum absolute atomic E-state index is 2.40. The fraction of sp³-hybridized carbons (Fsp3) is 0.188. The number of fused-ring (bicyclic) bond motifs is 7. The van der Waals surface area contributed by atoms with Gasteiger partial charge >= 0.3 is 0 Å². The van der Waals surface area contributed by atoms with Gasteiger partial charge in [-0.25, -0.2) is 0 Å². The Labute approximate surface area is 191 Å². The molecule has 32 heavy (non-hydrogen) atoms. The second-order valence-corrected chi connectivity index (χ2v) is 9.10. The average molecular weight is 413 g/mol. The van der Waals surface area contributed by atoms with Gasteiger partial charge in [-0.2, -0.15) is 0 Å². The van der Waals surface area contributed by atoms with Gasteiger partial charge in [-0.3, -0.25) is 0 Å². The maximum atomic E-state index is 2.40. The second kappa shape index (κ2) is 7.35. The fourth-order valence-corrected chi connectivity index (χ4v) is 6.40. The molecule has 1 unspecified atom stereocenters. The van der Waals surface area contributed by atoms with Crippen molar-refractivity contribution in [1.82, 2.24) is 0 Å². The highest BCUT2D eigenvalue weighted by molar-refractivity contribution is 6.00. The largest absolute Gasteiger partial charge is 0.0870 e. The van der Waals surface area contributed by atoms with Crippen LogP contribution in [0, 0.1) is 0 Å². The van der Waals surface area contributed by atoms with Crippen LogP contribution in [0.1, 0.15) is 55.4 Å². The summed E-state index contributed by atoms with van der Waals surface area (Å²) in [6, 6.07) is 18.3. The summed E-state index contributed by atoms with van der Waals surface area (Å²) < 4.78 is 0.